The van der Waals surface area contributed by atoms with Crippen molar-refractivity contribution in [2.24, 2.45) is 0 Å². The predicted octanol–water partition coefficient (Wildman–Crippen LogP) is 5.82. The number of rotatable bonds is 9. The number of esters is 1. The van der Waals surface area contributed by atoms with Crippen molar-refractivity contribution in [1.29, 1.82) is 0 Å². The summed E-state index contributed by atoms with van der Waals surface area (Å²) < 4.78 is 17.8. The smallest absolute Gasteiger partial charge is 0.407 e. The van der Waals surface area contributed by atoms with Crippen LogP contribution in [0.1, 0.15) is 38.8 Å². The quantitative estimate of drug-likeness (QED) is 0.244. The number of halogens is 2. The average Bonchev–Trinajstić information content (AvgIpc) is 3.39. The zero-order chi connectivity index (χ0) is 28.9. The van der Waals surface area contributed by atoms with Gasteiger partial charge in [0.05, 0.1) is 29.4 Å². The fourth-order valence-corrected chi connectivity index (χ4v) is 4.51. The second kappa shape index (κ2) is 12.5. The summed E-state index contributed by atoms with van der Waals surface area (Å²) in [6, 6.07) is 10.4. The number of nitrogens with zero attached hydrogens (tertiary/aromatic N) is 4. The highest BCUT2D eigenvalue weighted by molar-refractivity contribution is 6.36. The minimum atomic E-state index is -0.678. The van der Waals surface area contributed by atoms with Crippen LogP contribution in [0.15, 0.2) is 49.1 Å². The maximum atomic E-state index is 12.7. The second-order valence-corrected chi connectivity index (χ2v) is 10.6. The Morgan fingerprint density at radius 2 is 1.88 bits per heavy atom. The number of alkyl carbamates (subject to hydrolysis) is 1. The molecule has 2 aromatic carbocycles. The minimum absolute atomic E-state index is 0.0735. The van der Waals surface area contributed by atoms with Gasteiger partial charge in [-0.1, -0.05) is 23.2 Å². The molecule has 0 spiro atoms. The van der Waals surface area contributed by atoms with E-state index in [0.29, 0.717) is 44.7 Å². The summed E-state index contributed by atoms with van der Waals surface area (Å²) in [6.07, 6.45) is 2.44. The molecule has 1 amide bonds. The lowest BCUT2D eigenvalue weighted by Crippen LogP contribution is -2.32. The molecule has 210 valence electrons. The number of fused-ring (bicyclic) bond motifs is 1. The lowest BCUT2D eigenvalue weighted by molar-refractivity contribution is -0.145. The van der Waals surface area contributed by atoms with E-state index in [9.17, 15) is 9.59 Å². The molecule has 2 aromatic heterocycles. The fourth-order valence-electron chi connectivity index (χ4n) is 4.01. The van der Waals surface area contributed by atoms with Gasteiger partial charge in [-0.15, -0.1) is 0 Å². The molecule has 2 heterocycles. The molecule has 0 bridgehead atoms. The monoisotopic (exact) mass is 585 g/mol. The van der Waals surface area contributed by atoms with E-state index in [1.54, 1.807) is 75.1 Å². The van der Waals surface area contributed by atoms with Crippen LogP contribution < -0.4 is 10.1 Å². The van der Waals surface area contributed by atoms with E-state index >= 15 is 0 Å². The van der Waals surface area contributed by atoms with Crippen molar-refractivity contribution in [2.75, 3.05) is 13.2 Å². The summed E-state index contributed by atoms with van der Waals surface area (Å²) in [5, 5.41) is 8.73. The number of hydrogen-bond acceptors (Lipinski definition) is 8. The summed E-state index contributed by atoms with van der Waals surface area (Å²) in [5.74, 6) is -0.0240. The molecule has 0 unspecified atom stereocenters. The number of carbonyl (C=O) groups excluding carboxylic acids is 2. The molecule has 10 nitrogen and oxygen atoms in total. The number of hydrogen-bond donors (Lipinski definition) is 1. The lowest BCUT2D eigenvalue weighted by atomic mass is 9.96. The van der Waals surface area contributed by atoms with Crippen LogP contribution in [0, 0.1) is 0 Å². The molecule has 12 heteroatoms. The van der Waals surface area contributed by atoms with Crippen LogP contribution in [-0.2, 0) is 27.4 Å². The van der Waals surface area contributed by atoms with Crippen molar-refractivity contribution in [3.8, 4) is 17.0 Å². The minimum Gasteiger partial charge on any atom is -0.482 e. The van der Waals surface area contributed by atoms with Crippen molar-refractivity contribution in [2.45, 2.75) is 46.4 Å². The SMILES string of the molecule is CCOC(=O)COc1ccc2nc(-c3ccc(Cl)cc3Cl)c(CNC(=O)OC(C)(C)C)c(Cn3cncn3)c2c1. The molecule has 40 heavy (non-hydrogen) atoms. The first-order valence-corrected chi connectivity index (χ1v) is 13.3. The maximum absolute atomic E-state index is 12.7. The largest absolute Gasteiger partial charge is 0.482 e. The van der Waals surface area contributed by atoms with E-state index in [1.165, 1.54) is 6.33 Å². The van der Waals surface area contributed by atoms with Crippen LogP contribution in [0.5, 0.6) is 5.75 Å². The van der Waals surface area contributed by atoms with Crippen LogP contribution in [0.4, 0.5) is 4.79 Å². The third-order valence-electron chi connectivity index (χ3n) is 5.62. The summed E-state index contributed by atoms with van der Waals surface area (Å²) in [4.78, 5) is 33.5. The summed E-state index contributed by atoms with van der Waals surface area (Å²) in [7, 11) is 0. The molecule has 0 atom stereocenters. The number of pyridine rings is 1. The molecule has 0 radical (unpaired) electrons. The van der Waals surface area contributed by atoms with Crippen molar-refractivity contribution in [3.63, 3.8) is 0 Å². The van der Waals surface area contributed by atoms with E-state index in [-0.39, 0.29) is 19.8 Å². The highest BCUT2D eigenvalue weighted by Gasteiger charge is 2.22. The van der Waals surface area contributed by atoms with Gasteiger partial charge in [-0.3, -0.25) is 0 Å². The van der Waals surface area contributed by atoms with Crippen LogP contribution in [0.2, 0.25) is 10.0 Å². The summed E-state index contributed by atoms with van der Waals surface area (Å²) in [5.41, 5.74) is 2.62. The van der Waals surface area contributed by atoms with Gasteiger partial charge in [0.1, 0.15) is 24.0 Å². The third-order valence-corrected chi connectivity index (χ3v) is 6.17. The van der Waals surface area contributed by atoms with Crippen LogP contribution in [0.3, 0.4) is 0 Å². The molecule has 1 N–H and O–H groups in total. The summed E-state index contributed by atoms with van der Waals surface area (Å²) in [6.45, 7) is 7.49. The van der Waals surface area contributed by atoms with Crippen LogP contribution in [0.25, 0.3) is 22.2 Å². The Bertz CT molecular complexity index is 1520. The molecular weight excluding hydrogens is 557 g/mol. The van der Waals surface area contributed by atoms with Crippen LogP contribution >= 0.6 is 23.2 Å². The Morgan fingerprint density at radius 1 is 1.07 bits per heavy atom. The topological polar surface area (TPSA) is 117 Å². The first kappa shape index (κ1) is 29.1. The lowest BCUT2D eigenvalue weighted by Gasteiger charge is -2.22. The number of nitrogens with one attached hydrogen (secondary N) is 1. The molecule has 0 aliphatic carbocycles. The van der Waals surface area contributed by atoms with Crippen LogP contribution in [-0.4, -0.2) is 50.6 Å². The maximum Gasteiger partial charge on any atom is 0.407 e. The number of carbonyl (C=O) groups is 2. The first-order chi connectivity index (χ1) is 19.0. The fraction of sp³-hybridized carbons (Fsp3) is 0.321. The van der Waals surface area contributed by atoms with Gasteiger partial charge in [-0.05, 0) is 69.7 Å². The van der Waals surface area contributed by atoms with Crippen molar-refractivity contribution in [1.82, 2.24) is 25.1 Å². The Balaban J connectivity index is 1.87. The number of ether oxygens (including phenoxy) is 3. The van der Waals surface area contributed by atoms with E-state index in [0.717, 1.165) is 10.9 Å². The molecule has 4 rings (SSSR count). The number of benzene rings is 2. The summed E-state index contributed by atoms with van der Waals surface area (Å²) >= 11 is 12.8. The van der Waals surface area contributed by atoms with Gasteiger partial charge >= 0.3 is 12.1 Å². The standard InChI is InChI=1S/C28H29Cl2N5O5/c1-5-38-25(36)14-39-18-7-9-24-20(11-18)22(13-35-16-31-15-33-35)21(12-32-27(37)40-28(2,3)4)26(34-24)19-8-6-17(29)10-23(19)30/h6-11,15-16H,5,12-14H2,1-4H3,(H,32,37). The van der Waals surface area contributed by atoms with Gasteiger partial charge < -0.3 is 19.5 Å². The van der Waals surface area contributed by atoms with Crippen molar-refractivity contribution in [3.05, 3.63) is 70.2 Å². The van der Waals surface area contributed by atoms with Gasteiger partial charge in [-0.2, -0.15) is 5.10 Å². The molecule has 0 saturated carbocycles. The normalized spacial score (nSPS) is 11.3. The van der Waals surface area contributed by atoms with Crippen molar-refractivity contribution < 1.29 is 23.8 Å². The van der Waals surface area contributed by atoms with Gasteiger partial charge in [0.25, 0.3) is 0 Å². The molecular formula is C28H29Cl2N5O5. The molecule has 0 saturated heterocycles. The Morgan fingerprint density at radius 3 is 2.55 bits per heavy atom. The third kappa shape index (κ3) is 7.40. The molecule has 0 fully saturated rings. The Hall–Kier alpha value is -3.89. The van der Waals surface area contributed by atoms with E-state index in [4.69, 9.17) is 42.4 Å². The first-order valence-electron chi connectivity index (χ1n) is 12.5. The van der Waals surface area contributed by atoms with Gasteiger partial charge in [0.15, 0.2) is 6.61 Å². The van der Waals surface area contributed by atoms with Gasteiger partial charge in [0, 0.05) is 28.1 Å². The second-order valence-electron chi connectivity index (χ2n) is 9.76. The Kier molecular flexibility index (Phi) is 9.11. The predicted molar refractivity (Wildman–Crippen MR) is 152 cm³/mol. The molecule has 0 aliphatic heterocycles. The number of amides is 1. The average molecular weight is 586 g/mol. The Labute approximate surface area is 241 Å². The zero-order valence-corrected chi connectivity index (χ0v) is 24.0. The highest BCUT2D eigenvalue weighted by Crippen LogP contribution is 2.36. The molecule has 0 aliphatic rings. The van der Waals surface area contributed by atoms with Crippen molar-refractivity contribution >= 4 is 46.2 Å². The highest BCUT2D eigenvalue weighted by atomic mass is 35.5. The van der Waals surface area contributed by atoms with E-state index in [2.05, 4.69) is 15.4 Å². The van der Waals surface area contributed by atoms with Gasteiger partial charge in [-0.25, -0.2) is 24.2 Å². The van der Waals surface area contributed by atoms with E-state index in [1.807, 2.05) is 0 Å². The van der Waals surface area contributed by atoms with Gasteiger partial charge in [0.2, 0.25) is 0 Å². The number of aromatic nitrogens is 4. The van der Waals surface area contributed by atoms with E-state index < -0.39 is 17.7 Å². The zero-order valence-electron chi connectivity index (χ0n) is 22.5. The molecule has 4 aromatic rings.